The fourth-order valence-electron chi connectivity index (χ4n) is 3.53. The lowest BCUT2D eigenvalue weighted by Gasteiger charge is -2.36. The van der Waals surface area contributed by atoms with E-state index in [1.165, 1.54) is 9.21 Å². The van der Waals surface area contributed by atoms with Crippen molar-refractivity contribution in [3.8, 4) is 0 Å². The lowest BCUT2D eigenvalue weighted by Crippen LogP contribution is -2.45. The van der Waals surface area contributed by atoms with Crippen molar-refractivity contribution in [1.29, 1.82) is 0 Å². The molecular formula is C18H29ClN4O4S2. The first-order valence-electron chi connectivity index (χ1n) is 9.47. The van der Waals surface area contributed by atoms with Crippen LogP contribution in [0.4, 0.5) is 5.69 Å². The van der Waals surface area contributed by atoms with Crippen LogP contribution in [0.2, 0.25) is 5.02 Å². The average Bonchev–Trinajstić information content (AvgIpc) is 2.60. The molecule has 8 nitrogen and oxygen atoms in total. The molecule has 1 aromatic rings. The van der Waals surface area contributed by atoms with Gasteiger partial charge in [0.25, 0.3) is 10.0 Å². The average molecular weight is 465 g/mol. The molecule has 0 atom stereocenters. The van der Waals surface area contributed by atoms with Gasteiger partial charge in [-0.1, -0.05) is 30.9 Å². The van der Waals surface area contributed by atoms with Gasteiger partial charge >= 0.3 is 0 Å². The van der Waals surface area contributed by atoms with Crippen LogP contribution < -0.4 is 5.73 Å². The van der Waals surface area contributed by atoms with Crippen molar-refractivity contribution in [2.45, 2.75) is 67.8 Å². The van der Waals surface area contributed by atoms with Crippen LogP contribution in [0.5, 0.6) is 0 Å². The zero-order chi connectivity index (χ0) is 22.0. The van der Waals surface area contributed by atoms with Crippen molar-refractivity contribution in [2.24, 2.45) is 4.40 Å². The maximum atomic E-state index is 13.5. The number of rotatable bonds is 7. The molecule has 0 unspecified atom stereocenters. The van der Waals surface area contributed by atoms with E-state index in [9.17, 15) is 16.8 Å². The summed E-state index contributed by atoms with van der Waals surface area (Å²) in [6.45, 7) is 3.61. The Balaban J connectivity index is 2.60. The van der Waals surface area contributed by atoms with Gasteiger partial charge in [0.2, 0.25) is 10.0 Å². The second-order valence-electron chi connectivity index (χ2n) is 7.70. The number of anilines is 1. The van der Waals surface area contributed by atoms with Gasteiger partial charge in [0.1, 0.15) is 16.1 Å². The van der Waals surface area contributed by atoms with Crippen molar-refractivity contribution >= 4 is 43.7 Å². The molecule has 164 valence electrons. The largest absolute Gasteiger partial charge is 0.398 e. The fourth-order valence-corrected chi connectivity index (χ4v) is 7.08. The van der Waals surface area contributed by atoms with E-state index in [4.69, 9.17) is 17.3 Å². The lowest BCUT2D eigenvalue weighted by molar-refractivity contribution is 0.220. The van der Waals surface area contributed by atoms with Gasteiger partial charge in [0.15, 0.2) is 0 Å². The van der Waals surface area contributed by atoms with Crippen molar-refractivity contribution < 1.29 is 16.8 Å². The highest BCUT2D eigenvalue weighted by atomic mass is 35.5. The maximum Gasteiger partial charge on any atom is 0.285 e. The summed E-state index contributed by atoms with van der Waals surface area (Å²) in [5.74, 6) is 0. The van der Waals surface area contributed by atoms with Gasteiger partial charge in [-0.05, 0) is 38.8 Å². The first-order valence-corrected chi connectivity index (χ1v) is 12.7. The first kappa shape index (κ1) is 23.9. The molecule has 11 heteroatoms. The van der Waals surface area contributed by atoms with Crippen LogP contribution in [0.3, 0.4) is 0 Å². The molecule has 1 saturated carbocycles. The number of halogens is 1. The zero-order valence-electron chi connectivity index (χ0n) is 17.2. The Kier molecular flexibility index (Phi) is 7.58. The highest BCUT2D eigenvalue weighted by molar-refractivity contribution is 7.90. The van der Waals surface area contributed by atoms with Gasteiger partial charge in [0.05, 0.1) is 10.7 Å². The minimum atomic E-state index is -4.20. The Hall–Kier alpha value is -1.36. The lowest BCUT2D eigenvalue weighted by atomic mass is 9.95. The normalized spacial score (nSPS) is 16.8. The molecule has 0 heterocycles. The first-order chi connectivity index (χ1) is 13.4. The Bertz CT molecular complexity index is 970. The summed E-state index contributed by atoms with van der Waals surface area (Å²) in [5.41, 5.74) is 5.89. The predicted octanol–water partition coefficient (Wildman–Crippen LogP) is 2.93. The smallest absolute Gasteiger partial charge is 0.285 e. The van der Waals surface area contributed by atoms with E-state index in [1.54, 1.807) is 27.9 Å². The number of hydrogen-bond acceptors (Lipinski definition) is 5. The molecule has 0 aromatic heterocycles. The molecule has 1 aromatic carbocycles. The SMILES string of the molecule is CC(C)N(C1CCCCC1)S(=O)(=O)c1cc(S(=O)(=O)/N=C/N(C)C)c(Cl)cc1N. The molecule has 1 fully saturated rings. The van der Waals surface area contributed by atoms with Gasteiger partial charge < -0.3 is 10.6 Å². The van der Waals surface area contributed by atoms with Crippen molar-refractivity contribution in [2.75, 3.05) is 19.8 Å². The van der Waals surface area contributed by atoms with Crippen LogP contribution in [0, 0.1) is 0 Å². The van der Waals surface area contributed by atoms with Crippen molar-refractivity contribution in [1.82, 2.24) is 9.21 Å². The molecule has 29 heavy (non-hydrogen) atoms. The third-order valence-corrected chi connectivity index (χ3v) is 8.63. The molecule has 0 amide bonds. The second-order valence-corrected chi connectivity index (χ2v) is 11.5. The van der Waals surface area contributed by atoms with Crippen LogP contribution in [0.1, 0.15) is 46.0 Å². The standard InChI is InChI=1S/C18H29ClN4O4S2/c1-13(2)23(14-8-6-5-7-9-14)29(26,27)18-11-17(15(19)10-16(18)20)28(24,25)21-12-22(3)4/h10-14H,5-9,20H2,1-4H3/b21-12+. The van der Waals surface area contributed by atoms with Gasteiger partial charge in [-0.15, -0.1) is 4.40 Å². The highest BCUT2D eigenvalue weighted by Crippen LogP contribution is 2.35. The van der Waals surface area contributed by atoms with Crippen molar-refractivity contribution in [3.63, 3.8) is 0 Å². The monoisotopic (exact) mass is 464 g/mol. The van der Waals surface area contributed by atoms with Crippen LogP contribution >= 0.6 is 11.6 Å². The van der Waals surface area contributed by atoms with E-state index in [0.29, 0.717) is 0 Å². The van der Waals surface area contributed by atoms with E-state index in [0.717, 1.165) is 50.6 Å². The number of nitrogens with zero attached hydrogens (tertiary/aromatic N) is 3. The molecule has 0 bridgehead atoms. The quantitative estimate of drug-likeness (QED) is 0.377. The molecule has 2 N–H and O–H groups in total. The third kappa shape index (κ3) is 5.42. The number of hydrogen-bond donors (Lipinski definition) is 1. The summed E-state index contributed by atoms with van der Waals surface area (Å²) in [7, 11) is -5.01. The van der Waals surface area contributed by atoms with E-state index < -0.39 is 24.9 Å². The number of sulfonamides is 2. The summed E-state index contributed by atoms with van der Waals surface area (Å²) in [6.07, 6.45) is 5.64. The Labute approximate surface area is 178 Å². The van der Waals surface area contributed by atoms with Crippen LogP contribution in [0.25, 0.3) is 0 Å². The topological polar surface area (TPSA) is 113 Å². The molecule has 0 radical (unpaired) electrons. The second kappa shape index (κ2) is 9.20. The van der Waals surface area contributed by atoms with Crippen molar-refractivity contribution in [3.05, 3.63) is 17.2 Å². The fraction of sp³-hybridized carbons (Fsp3) is 0.611. The summed E-state index contributed by atoms with van der Waals surface area (Å²) >= 11 is 6.09. The molecular weight excluding hydrogens is 436 g/mol. The summed E-state index contributed by atoms with van der Waals surface area (Å²) in [6, 6.07) is 1.74. The Morgan fingerprint density at radius 3 is 2.21 bits per heavy atom. The van der Waals surface area contributed by atoms with E-state index >= 15 is 0 Å². The van der Waals surface area contributed by atoms with E-state index in [2.05, 4.69) is 4.40 Å². The molecule has 1 aliphatic rings. The molecule has 0 saturated heterocycles. The van der Waals surface area contributed by atoms with Crippen LogP contribution in [-0.4, -0.2) is 58.6 Å². The van der Waals surface area contributed by atoms with Gasteiger partial charge in [-0.25, -0.2) is 8.42 Å². The summed E-state index contributed by atoms with van der Waals surface area (Å²) in [5, 5.41) is -0.175. The maximum absolute atomic E-state index is 13.5. The molecule has 2 rings (SSSR count). The van der Waals surface area contributed by atoms with E-state index in [1.807, 2.05) is 0 Å². The summed E-state index contributed by atoms with van der Waals surface area (Å²) < 4.78 is 57.2. The highest BCUT2D eigenvalue weighted by Gasteiger charge is 2.36. The zero-order valence-corrected chi connectivity index (χ0v) is 19.6. The predicted molar refractivity (Wildman–Crippen MR) is 116 cm³/mol. The van der Waals surface area contributed by atoms with Crippen LogP contribution in [0.15, 0.2) is 26.3 Å². The Morgan fingerprint density at radius 1 is 1.10 bits per heavy atom. The van der Waals surface area contributed by atoms with Gasteiger partial charge in [-0.2, -0.15) is 12.7 Å². The number of nitrogen functional groups attached to an aromatic ring is 1. The Morgan fingerprint density at radius 2 is 1.69 bits per heavy atom. The molecule has 1 aliphatic carbocycles. The number of nitrogens with two attached hydrogens (primary N) is 1. The minimum Gasteiger partial charge on any atom is -0.398 e. The third-order valence-electron chi connectivity index (χ3n) is 4.76. The van der Waals surface area contributed by atoms with Gasteiger partial charge in [0, 0.05) is 26.2 Å². The molecule has 0 spiro atoms. The number of benzene rings is 1. The van der Waals surface area contributed by atoms with Gasteiger partial charge in [-0.3, -0.25) is 0 Å². The van der Waals surface area contributed by atoms with Crippen LogP contribution in [-0.2, 0) is 20.0 Å². The minimum absolute atomic E-state index is 0.0907. The summed E-state index contributed by atoms with van der Waals surface area (Å²) in [4.78, 5) is 0.793. The molecule has 0 aliphatic heterocycles. The van der Waals surface area contributed by atoms with E-state index in [-0.39, 0.29) is 27.7 Å².